The van der Waals surface area contributed by atoms with Crippen molar-refractivity contribution in [2.24, 2.45) is 0 Å². The summed E-state index contributed by atoms with van der Waals surface area (Å²) in [5, 5.41) is 3.98. The normalized spacial score (nSPS) is 15.2. The van der Waals surface area contributed by atoms with Gasteiger partial charge >= 0.3 is 0 Å². The highest BCUT2D eigenvalue weighted by molar-refractivity contribution is 7.80. The molecule has 0 aromatic heterocycles. The van der Waals surface area contributed by atoms with E-state index in [1.54, 1.807) is 0 Å². The first-order chi connectivity index (χ1) is 9.69. The minimum atomic E-state index is 0.337. The van der Waals surface area contributed by atoms with Crippen LogP contribution in [0.3, 0.4) is 0 Å². The number of hydrogen-bond donors (Lipinski definition) is 1. The topological polar surface area (TPSA) is 32.3 Å². The number of carbonyl (C=O) groups excluding carboxylic acids is 1. The number of Topliss-reactive ketones (excluding diaryl/α,β-unsaturated/α-hetero) is 1. The van der Waals surface area contributed by atoms with Gasteiger partial charge in [0, 0.05) is 31.6 Å². The molecule has 2 rings (SSSR count). The highest BCUT2D eigenvalue weighted by atomic mass is 32.1. The number of hydrogen-bond acceptors (Lipinski definition) is 2. The minimum absolute atomic E-state index is 0.337. The van der Waals surface area contributed by atoms with Crippen LogP contribution in [0.1, 0.15) is 38.2 Å². The Hall–Kier alpha value is -1.42. The Morgan fingerprint density at radius 2 is 1.90 bits per heavy atom. The van der Waals surface area contributed by atoms with Crippen LogP contribution in [0.5, 0.6) is 0 Å². The molecule has 0 saturated carbocycles. The standard InChI is InChI=1S/C16H22N2OS/c1-2-3-4-13-5-7-14(8-6-13)17-16(20)18-11-9-15(19)10-12-18/h5-8H,2-4,9-12H2,1H3,(H,17,20). The second kappa shape index (κ2) is 7.39. The van der Waals surface area contributed by atoms with Crippen LogP contribution in [0.2, 0.25) is 0 Å². The van der Waals surface area contributed by atoms with E-state index in [0.29, 0.717) is 18.6 Å². The summed E-state index contributed by atoms with van der Waals surface area (Å²) in [7, 11) is 0. The van der Waals surface area contributed by atoms with E-state index in [9.17, 15) is 4.79 Å². The van der Waals surface area contributed by atoms with Crippen LogP contribution < -0.4 is 5.32 Å². The van der Waals surface area contributed by atoms with Crippen LogP contribution in [0.15, 0.2) is 24.3 Å². The molecular formula is C16H22N2OS. The van der Waals surface area contributed by atoms with E-state index in [1.165, 1.54) is 18.4 Å². The molecule has 1 saturated heterocycles. The lowest BCUT2D eigenvalue weighted by molar-refractivity contribution is -0.120. The maximum Gasteiger partial charge on any atom is 0.173 e. The van der Waals surface area contributed by atoms with Crippen LogP contribution in [-0.2, 0) is 11.2 Å². The van der Waals surface area contributed by atoms with E-state index < -0.39 is 0 Å². The molecule has 1 aromatic rings. The van der Waals surface area contributed by atoms with Gasteiger partial charge in [0.05, 0.1) is 0 Å². The number of thiocarbonyl (C=S) groups is 1. The molecule has 0 radical (unpaired) electrons. The molecule has 1 aliphatic heterocycles. The number of nitrogens with one attached hydrogen (secondary N) is 1. The summed E-state index contributed by atoms with van der Waals surface area (Å²) in [4.78, 5) is 13.3. The Morgan fingerprint density at radius 3 is 2.50 bits per heavy atom. The van der Waals surface area contributed by atoms with Gasteiger partial charge in [-0.15, -0.1) is 0 Å². The van der Waals surface area contributed by atoms with E-state index in [-0.39, 0.29) is 0 Å². The van der Waals surface area contributed by atoms with E-state index in [0.717, 1.165) is 30.3 Å². The van der Waals surface area contributed by atoms with E-state index in [2.05, 4.69) is 41.4 Å². The molecule has 0 aliphatic carbocycles. The number of aryl methyl sites for hydroxylation is 1. The molecule has 0 spiro atoms. The van der Waals surface area contributed by atoms with Gasteiger partial charge in [0.25, 0.3) is 0 Å². The van der Waals surface area contributed by atoms with Gasteiger partial charge in [0.1, 0.15) is 5.78 Å². The molecule has 1 aromatic carbocycles. The zero-order valence-corrected chi connectivity index (χ0v) is 12.8. The van der Waals surface area contributed by atoms with Crippen molar-refractivity contribution in [3.05, 3.63) is 29.8 Å². The van der Waals surface area contributed by atoms with Crippen LogP contribution in [0, 0.1) is 0 Å². The van der Waals surface area contributed by atoms with Gasteiger partial charge in [0.2, 0.25) is 0 Å². The molecule has 1 N–H and O–H groups in total. The molecule has 4 heteroatoms. The molecule has 0 bridgehead atoms. The molecule has 0 unspecified atom stereocenters. The third-order valence-electron chi connectivity index (χ3n) is 3.63. The average Bonchev–Trinajstić information content (AvgIpc) is 2.47. The van der Waals surface area contributed by atoms with Crippen LogP contribution in [0.4, 0.5) is 5.69 Å². The van der Waals surface area contributed by atoms with Crippen LogP contribution >= 0.6 is 12.2 Å². The first-order valence-electron chi connectivity index (χ1n) is 7.35. The smallest absolute Gasteiger partial charge is 0.173 e. The first kappa shape index (κ1) is 15.0. The number of piperidine rings is 1. The number of ketones is 1. The lowest BCUT2D eigenvalue weighted by Gasteiger charge is -2.28. The molecular weight excluding hydrogens is 268 g/mol. The number of nitrogens with zero attached hydrogens (tertiary/aromatic N) is 1. The predicted octanol–water partition coefficient (Wildman–Crippen LogP) is 3.39. The van der Waals surface area contributed by atoms with Crippen molar-refractivity contribution in [3.8, 4) is 0 Å². The van der Waals surface area contributed by atoms with Crippen molar-refractivity contribution in [1.29, 1.82) is 0 Å². The maximum absolute atomic E-state index is 11.2. The van der Waals surface area contributed by atoms with Gasteiger partial charge in [-0.05, 0) is 42.8 Å². The highest BCUT2D eigenvalue weighted by Crippen LogP contribution is 2.14. The second-order valence-corrected chi connectivity index (χ2v) is 5.64. The quantitative estimate of drug-likeness (QED) is 0.862. The fourth-order valence-electron chi connectivity index (χ4n) is 2.30. The summed E-state index contributed by atoms with van der Waals surface area (Å²) >= 11 is 5.40. The number of carbonyl (C=O) groups is 1. The fourth-order valence-corrected chi connectivity index (χ4v) is 2.60. The summed E-state index contributed by atoms with van der Waals surface area (Å²) in [6, 6.07) is 8.46. The van der Waals surface area contributed by atoms with Crippen LogP contribution in [0.25, 0.3) is 0 Å². The monoisotopic (exact) mass is 290 g/mol. The van der Waals surface area contributed by atoms with Crippen molar-refractivity contribution in [2.75, 3.05) is 18.4 Å². The van der Waals surface area contributed by atoms with Gasteiger partial charge in [0.15, 0.2) is 5.11 Å². The third kappa shape index (κ3) is 4.30. The number of unbranched alkanes of at least 4 members (excludes halogenated alkanes) is 1. The summed E-state index contributed by atoms with van der Waals surface area (Å²) in [6.07, 6.45) is 4.80. The van der Waals surface area contributed by atoms with Crippen molar-refractivity contribution < 1.29 is 4.79 Å². The van der Waals surface area contributed by atoms with E-state index in [1.807, 2.05) is 0 Å². The molecule has 1 heterocycles. The Labute approximate surface area is 126 Å². The molecule has 1 aliphatic rings. The number of benzene rings is 1. The van der Waals surface area contributed by atoms with Gasteiger partial charge in [-0.25, -0.2) is 0 Å². The van der Waals surface area contributed by atoms with Gasteiger partial charge in [-0.2, -0.15) is 0 Å². The summed E-state index contributed by atoms with van der Waals surface area (Å²) < 4.78 is 0. The molecule has 0 atom stereocenters. The third-order valence-corrected chi connectivity index (χ3v) is 3.99. The van der Waals surface area contributed by atoms with Crippen molar-refractivity contribution >= 4 is 28.8 Å². The van der Waals surface area contributed by atoms with E-state index in [4.69, 9.17) is 12.2 Å². The molecule has 20 heavy (non-hydrogen) atoms. The number of likely N-dealkylation sites (tertiary alicyclic amines) is 1. The zero-order valence-electron chi connectivity index (χ0n) is 12.0. The lowest BCUT2D eigenvalue weighted by Crippen LogP contribution is -2.40. The van der Waals surface area contributed by atoms with Gasteiger partial charge in [-0.3, -0.25) is 4.79 Å². The Balaban J connectivity index is 1.86. The van der Waals surface area contributed by atoms with Crippen LogP contribution in [-0.4, -0.2) is 28.9 Å². The van der Waals surface area contributed by atoms with Gasteiger partial charge < -0.3 is 10.2 Å². The van der Waals surface area contributed by atoms with Crippen molar-refractivity contribution in [2.45, 2.75) is 39.0 Å². The summed E-state index contributed by atoms with van der Waals surface area (Å²) in [5.41, 5.74) is 2.39. The second-order valence-electron chi connectivity index (χ2n) is 5.26. The Bertz CT molecular complexity index is 460. The average molecular weight is 290 g/mol. The maximum atomic E-state index is 11.2. The Kier molecular flexibility index (Phi) is 5.53. The fraction of sp³-hybridized carbons (Fsp3) is 0.500. The minimum Gasteiger partial charge on any atom is -0.348 e. The molecule has 108 valence electrons. The SMILES string of the molecule is CCCCc1ccc(NC(=S)N2CCC(=O)CC2)cc1. The molecule has 1 fully saturated rings. The number of rotatable bonds is 4. The van der Waals surface area contributed by atoms with Crippen molar-refractivity contribution in [1.82, 2.24) is 4.90 Å². The summed E-state index contributed by atoms with van der Waals surface area (Å²) in [5.74, 6) is 0.337. The zero-order chi connectivity index (χ0) is 14.4. The van der Waals surface area contributed by atoms with Crippen molar-refractivity contribution in [3.63, 3.8) is 0 Å². The molecule has 0 amide bonds. The first-order valence-corrected chi connectivity index (χ1v) is 7.76. The van der Waals surface area contributed by atoms with Gasteiger partial charge in [-0.1, -0.05) is 25.5 Å². The summed E-state index contributed by atoms with van der Waals surface area (Å²) in [6.45, 7) is 3.68. The largest absolute Gasteiger partial charge is 0.348 e. The number of anilines is 1. The molecule has 3 nitrogen and oxygen atoms in total. The highest BCUT2D eigenvalue weighted by Gasteiger charge is 2.18. The lowest BCUT2D eigenvalue weighted by atomic mass is 10.1. The van der Waals surface area contributed by atoms with E-state index >= 15 is 0 Å². The predicted molar refractivity (Wildman–Crippen MR) is 87.1 cm³/mol. The Morgan fingerprint density at radius 1 is 1.25 bits per heavy atom.